The van der Waals surface area contributed by atoms with Gasteiger partial charge in [-0.3, -0.25) is 4.79 Å². The van der Waals surface area contributed by atoms with Gasteiger partial charge in [-0.25, -0.2) is 4.98 Å². The number of nitrogens with one attached hydrogen (secondary N) is 2. The maximum Gasteiger partial charge on any atom is 0.258 e. The van der Waals surface area contributed by atoms with Crippen molar-refractivity contribution < 1.29 is 9.53 Å². The van der Waals surface area contributed by atoms with Crippen LogP contribution in [0.2, 0.25) is 10.0 Å². The number of nitrogens with zero attached hydrogens (tertiary/aromatic N) is 1. The van der Waals surface area contributed by atoms with Crippen molar-refractivity contribution in [3.63, 3.8) is 0 Å². The average Bonchev–Trinajstić information content (AvgIpc) is 2.76. The smallest absolute Gasteiger partial charge is 0.258 e. The Labute approximate surface area is 192 Å². The minimum atomic E-state index is -0.130. The van der Waals surface area contributed by atoms with Gasteiger partial charge in [0.15, 0.2) is 6.61 Å². The molecule has 1 saturated carbocycles. The van der Waals surface area contributed by atoms with E-state index in [0.29, 0.717) is 21.8 Å². The molecule has 1 aliphatic rings. The molecule has 0 saturated heterocycles. The zero-order valence-corrected chi connectivity index (χ0v) is 18.8. The molecule has 1 aromatic heterocycles. The molecule has 1 fully saturated rings. The maximum absolute atomic E-state index is 12.3. The third kappa shape index (κ3) is 5.60. The van der Waals surface area contributed by atoms with E-state index >= 15 is 0 Å². The van der Waals surface area contributed by atoms with Crippen molar-refractivity contribution in [3.05, 3.63) is 64.1 Å². The predicted octanol–water partition coefficient (Wildman–Crippen LogP) is 5.77. The van der Waals surface area contributed by atoms with Crippen molar-refractivity contribution in [1.29, 1.82) is 0 Å². The van der Waals surface area contributed by atoms with Gasteiger partial charge in [-0.15, -0.1) is 0 Å². The molecule has 7 heteroatoms. The van der Waals surface area contributed by atoms with E-state index in [9.17, 15) is 4.79 Å². The van der Waals surface area contributed by atoms with Gasteiger partial charge in [0.1, 0.15) is 11.6 Å². The lowest BCUT2D eigenvalue weighted by atomic mass is 9.91. The summed E-state index contributed by atoms with van der Waals surface area (Å²) in [6.45, 7) is 2.07. The van der Waals surface area contributed by atoms with Crippen molar-refractivity contribution in [1.82, 2.24) is 10.3 Å². The standard InChI is InChI=1S/C24H25Cl2N3O2/c1-15-12-23(29-22-5-3-2-4-19(15)22)27-16-6-8-17(9-7-16)28-24(30)14-31-18-10-11-20(25)21(26)13-18/h2-5,10-13,16-17H,6-9,14H2,1H3,(H,27,29)(H,28,30)/t16-,17+. The number of hydrogen-bond donors (Lipinski definition) is 2. The summed E-state index contributed by atoms with van der Waals surface area (Å²) in [5.74, 6) is 1.31. The van der Waals surface area contributed by atoms with Crippen molar-refractivity contribution in [3.8, 4) is 5.75 Å². The first-order chi connectivity index (χ1) is 15.0. The first kappa shape index (κ1) is 21.7. The molecule has 0 aliphatic heterocycles. The number of fused-ring (bicyclic) bond motifs is 1. The first-order valence-electron chi connectivity index (χ1n) is 10.5. The monoisotopic (exact) mass is 457 g/mol. The Morgan fingerprint density at radius 2 is 1.77 bits per heavy atom. The van der Waals surface area contributed by atoms with E-state index in [1.165, 1.54) is 10.9 Å². The van der Waals surface area contributed by atoms with Crippen LogP contribution < -0.4 is 15.4 Å². The first-order valence-corrected chi connectivity index (χ1v) is 11.2. The van der Waals surface area contributed by atoms with Gasteiger partial charge >= 0.3 is 0 Å². The number of pyridine rings is 1. The number of carbonyl (C=O) groups is 1. The highest BCUT2D eigenvalue weighted by Crippen LogP contribution is 2.27. The molecular formula is C24H25Cl2N3O2. The SMILES string of the molecule is Cc1cc(N[C@H]2CC[C@@H](NC(=O)COc3ccc(Cl)c(Cl)c3)CC2)nc2ccccc12. The Balaban J connectivity index is 1.24. The fourth-order valence-corrected chi connectivity index (χ4v) is 4.29. The molecule has 0 spiro atoms. The topological polar surface area (TPSA) is 63.2 Å². The third-order valence-corrected chi connectivity index (χ3v) is 6.37. The zero-order chi connectivity index (χ0) is 21.8. The molecule has 1 amide bonds. The Morgan fingerprint density at radius 3 is 2.55 bits per heavy atom. The van der Waals surface area contributed by atoms with Gasteiger partial charge in [0.05, 0.1) is 15.6 Å². The summed E-state index contributed by atoms with van der Waals surface area (Å²) in [6, 6.07) is 15.8. The number of carbonyl (C=O) groups excluding carboxylic acids is 1. The molecule has 2 aromatic carbocycles. The second-order valence-corrected chi connectivity index (χ2v) is 8.78. The lowest BCUT2D eigenvalue weighted by Gasteiger charge is -2.30. The summed E-state index contributed by atoms with van der Waals surface area (Å²) in [5, 5.41) is 8.68. The fourth-order valence-electron chi connectivity index (χ4n) is 4.00. The average molecular weight is 458 g/mol. The van der Waals surface area contributed by atoms with Crippen LogP contribution in [0.1, 0.15) is 31.2 Å². The van der Waals surface area contributed by atoms with Gasteiger partial charge < -0.3 is 15.4 Å². The number of aryl methyl sites for hydroxylation is 1. The highest BCUT2D eigenvalue weighted by atomic mass is 35.5. The lowest BCUT2D eigenvalue weighted by molar-refractivity contribution is -0.124. The predicted molar refractivity (Wildman–Crippen MR) is 126 cm³/mol. The second kappa shape index (κ2) is 9.75. The van der Waals surface area contributed by atoms with Crippen molar-refractivity contribution >= 4 is 45.8 Å². The van der Waals surface area contributed by atoms with Gasteiger partial charge in [0, 0.05) is 23.5 Å². The highest BCUT2D eigenvalue weighted by molar-refractivity contribution is 6.42. The molecule has 4 rings (SSSR count). The van der Waals surface area contributed by atoms with E-state index in [-0.39, 0.29) is 18.6 Å². The quantitative estimate of drug-likeness (QED) is 0.493. The summed E-state index contributed by atoms with van der Waals surface area (Å²) >= 11 is 11.9. The summed E-state index contributed by atoms with van der Waals surface area (Å²) in [7, 11) is 0. The Kier molecular flexibility index (Phi) is 6.83. The third-order valence-electron chi connectivity index (χ3n) is 5.63. The van der Waals surface area contributed by atoms with Crippen LogP contribution in [0.4, 0.5) is 5.82 Å². The molecule has 1 aliphatic carbocycles. The van der Waals surface area contributed by atoms with Crippen LogP contribution in [0.5, 0.6) is 5.75 Å². The number of amides is 1. The van der Waals surface area contributed by atoms with E-state index in [1.54, 1.807) is 18.2 Å². The molecule has 0 radical (unpaired) electrons. The fraction of sp³-hybridized carbons (Fsp3) is 0.333. The molecule has 0 unspecified atom stereocenters. The Bertz CT molecular complexity index is 1080. The maximum atomic E-state index is 12.3. The van der Waals surface area contributed by atoms with Crippen LogP contribution in [-0.2, 0) is 4.79 Å². The number of benzene rings is 2. The van der Waals surface area contributed by atoms with Crippen LogP contribution >= 0.6 is 23.2 Å². The van der Waals surface area contributed by atoms with E-state index in [0.717, 1.165) is 37.0 Å². The van der Waals surface area contributed by atoms with Crippen LogP contribution in [0.25, 0.3) is 10.9 Å². The molecule has 2 N–H and O–H groups in total. The number of halogens is 2. The molecule has 1 heterocycles. The van der Waals surface area contributed by atoms with E-state index < -0.39 is 0 Å². The molecule has 162 valence electrons. The molecule has 5 nitrogen and oxygen atoms in total. The summed E-state index contributed by atoms with van der Waals surface area (Å²) in [5.41, 5.74) is 2.23. The zero-order valence-electron chi connectivity index (χ0n) is 17.3. The molecule has 31 heavy (non-hydrogen) atoms. The number of aromatic nitrogens is 1. The molecule has 0 bridgehead atoms. The second-order valence-electron chi connectivity index (χ2n) is 7.97. The minimum absolute atomic E-state index is 0.0452. The lowest BCUT2D eigenvalue weighted by Crippen LogP contribution is -2.42. The van der Waals surface area contributed by atoms with E-state index in [4.69, 9.17) is 32.9 Å². The van der Waals surface area contributed by atoms with Gasteiger partial charge in [0.2, 0.25) is 0 Å². The highest BCUT2D eigenvalue weighted by Gasteiger charge is 2.23. The summed E-state index contributed by atoms with van der Waals surface area (Å²) in [4.78, 5) is 17.0. The number of hydrogen-bond acceptors (Lipinski definition) is 4. The molecular weight excluding hydrogens is 433 g/mol. The molecule has 0 atom stereocenters. The van der Waals surface area contributed by atoms with E-state index in [1.807, 2.05) is 18.2 Å². The minimum Gasteiger partial charge on any atom is -0.484 e. The van der Waals surface area contributed by atoms with Crippen molar-refractivity contribution in [2.45, 2.75) is 44.7 Å². The normalized spacial score (nSPS) is 18.5. The van der Waals surface area contributed by atoms with E-state index in [2.05, 4.69) is 29.7 Å². The number of ether oxygens (including phenoxy) is 1. The number of rotatable bonds is 6. The van der Waals surface area contributed by atoms with Gasteiger partial charge in [-0.2, -0.15) is 0 Å². The number of para-hydroxylation sites is 1. The number of anilines is 1. The van der Waals surface area contributed by atoms with Crippen molar-refractivity contribution in [2.24, 2.45) is 0 Å². The van der Waals surface area contributed by atoms with Crippen LogP contribution in [0.3, 0.4) is 0 Å². The van der Waals surface area contributed by atoms with Crippen LogP contribution in [0.15, 0.2) is 48.5 Å². The van der Waals surface area contributed by atoms with Crippen molar-refractivity contribution in [2.75, 3.05) is 11.9 Å². The van der Waals surface area contributed by atoms with Gasteiger partial charge in [-0.1, -0.05) is 41.4 Å². The Morgan fingerprint density at radius 1 is 1.03 bits per heavy atom. The van der Waals surface area contributed by atoms with Gasteiger partial charge in [0.25, 0.3) is 5.91 Å². The summed E-state index contributed by atoms with van der Waals surface area (Å²) < 4.78 is 5.52. The summed E-state index contributed by atoms with van der Waals surface area (Å²) in [6.07, 6.45) is 3.80. The Hall–Kier alpha value is -2.50. The molecule has 3 aromatic rings. The van der Waals surface area contributed by atoms with Crippen LogP contribution in [0, 0.1) is 6.92 Å². The largest absolute Gasteiger partial charge is 0.484 e. The van der Waals surface area contributed by atoms with Gasteiger partial charge in [-0.05, 0) is 62.4 Å². The van der Waals surface area contributed by atoms with Crippen LogP contribution in [-0.4, -0.2) is 29.6 Å².